The number of nitrogens with zero attached hydrogens (tertiary/aromatic N) is 1. The quantitative estimate of drug-likeness (QED) is 0.779. The summed E-state index contributed by atoms with van der Waals surface area (Å²) < 4.78 is 31.5. The number of rotatable bonds is 5. The largest absolute Gasteiger partial charge is 0.464 e. The molecule has 0 aliphatic carbocycles. The van der Waals surface area contributed by atoms with Crippen LogP contribution in [0.25, 0.3) is 0 Å². The van der Waals surface area contributed by atoms with Crippen LogP contribution in [0, 0.1) is 6.92 Å². The lowest BCUT2D eigenvalue weighted by Crippen LogP contribution is -2.36. The highest BCUT2D eigenvalue weighted by atomic mass is 35.5. The maximum absolute atomic E-state index is 12.4. The van der Waals surface area contributed by atoms with Crippen LogP contribution in [0.4, 0.5) is 0 Å². The Kier molecular flexibility index (Phi) is 4.63. The molecular weight excluding hydrogens is 262 g/mol. The zero-order chi connectivity index (χ0) is 13.2. The highest BCUT2D eigenvalue weighted by Crippen LogP contribution is 2.25. The molecule has 0 amide bonds. The Hall–Kier alpha value is -0.520. The van der Waals surface area contributed by atoms with E-state index in [1.165, 1.54) is 10.4 Å². The first-order valence-corrected chi connectivity index (χ1v) is 7.49. The average Bonchev–Trinajstić information content (AvgIpc) is 2.60. The Balaban J connectivity index is 3.24. The third kappa shape index (κ3) is 2.84. The van der Waals surface area contributed by atoms with Crippen LogP contribution in [0.3, 0.4) is 0 Å². The first kappa shape index (κ1) is 14.5. The second-order valence-corrected chi connectivity index (χ2v) is 6.20. The number of halogens is 1. The molecule has 0 fully saturated rings. The zero-order valence-corrected chi connectivity index (χ0v) is 12.1. The molecule has 98 valence electrons. The molecule has 6 heteroatoms. The predicted octanol–water partition coefficient (Wildman–Crippen LogP) is 2.75. The van der Waals surface area contributed by atoms with Gasteiger partial charge >= 0.3 is 0 Å². The van der Waals surface area contributed by atoms with Gasteiger partial charge in [0.25, 0.3) is 0 Å². The van der Waals surface area contributed by atoms with Gasteiger partial charge in [-0.2, -0.15) is 4.31 Å². The second-order valence-electron chi connectivity index (χ2n) is 4.07. The fourth-order valence-corrected chi connectivity index (χ4v) is 3.75. The van der Waals surface area contributed by atoms with Gasteiger partial charge in [-0.25, -0.2) is 8.42 Å². The molecule has 1 heterocycles. The van der Waals surface area contributed by atoms with Crippen LogP contribution in [-0.4, -0.2) is 25.3 Å². The van der Waals surface area contributed by atoms with Gasteiger partial charge in [-0.15, -0.1) is 11.6 Å². The molecule has 0 unspecified atom stereocenters. The van der Waals surface area contributed by atoms with Crippen LogP contribution in [0.15, 0.2) is 15.4 Å². The smallest absolute Gasteiger partial charge is 0.246 e. The lowest BCUT2D eigenvalue weighted by Gasteiger charge is -2.23. The Morgan fingerprint density at radius 1 is 1.47 bits per heavy atom. The fraction of sp³-hybridized carbons (Fsp3) is 0.636. The third-order valence-corrected chi connectivity index (χ3v) is 5.05. The van der Waals surface area contributed by atoms with Crippen LogP contribution < -0.4 is 0 Å². The minimum absolute atomic E-state index is 0.0845. The average molecular weight is 280 g/mol. The minimum Gasteiger partial charge on any atom is -0.464 e. The molecule has 0 aromatic carbocycles. The van der Waals surface area contributed by atoms with Crippen LogP contribution in [0.1, 0.15) is 32.3 Å². The molecule has 0 N–H and O–H groups in total. The lowest BCUT2D eigenvalue weighted by molar-refractivity contribution is 0.368. The lowest BCUT2D eigenvalue weighted by atomic mass is 10.4. The van der Waals surface area contributed by atoms with E-state index < -0.39 is 10.0 Å². The van der Waals surface area contributed by atoms with Crippen molar-refractivity contribution in [2.45, 2.75) is 44.5 Å². The van der Waals surface area contributed by atoms with Gasteiger partial charge in [0.2, 0.25) is 10.0 Å². The molecule has 0 aliphatic rings. The summed E-state index contributed by atoms with van der Waals surface area (Å²) in [6.07, 6.45) is 0. The number of hydrogen-bond donors (Lipinski definition) is 0. The molecule has 0 saturated heterocycles. The van der Waals surface area contributed by atoms with Crippen molar-refractivity contribution in [1.82, 2.24) is 4.31 Å². The van der Waals surface area contributed by atoms with Gasteiger partial charge in [0.05, 0.1) is 5.88 Å². The number of aryl methyl sites for hydroxylation is 1. The summed E-state index contributed by atoms with van der Waals surface area (Å²) in [6, 6.07) is 1.42. The molecule has 0 aliphatic heterocycles. The van der Waals surface area contributed by atoms with E-state index in [1.807, 2.05) is 20.8 Å². The van der Waals surface area contributed by atoms with E-state index >= 15 is 0 Å². The van der Waals surface area contributed by atoms with Crippen LogP contribution in [-0.2, 0) is 15.9 Å². The zero-order valence-electron chi connectivity index (χ0n) is 10.5. The summed E-state index contributed by atoms with van der Waals surface area (Å²) >= 11 is 5.64. The normalized spacial score (nSPS) is 12.6. The molecule has 4 nitrogen and oxygen atoms in total. The first-order chi connectivity index (χ1) is 7.84. The Labute approximate surface area is 108 Å². The van der Waals surface area contributed by atoms with E-state index in [0.29, 0.717) is 18.1 Å². The third-order valence-electron chi connectivity index (χ3n) is 2.53. The van der Waals surface area contributed by atoms with E-state index in [9.17, 15) is 8.42 Å². The van der Waals surface area contributed by atoms with E-state index in [1.54, 1.807) is 6.92 Å². The predicted molar refractivity (Wildman–Crippen MR) is 67.7 cm³/mol. The Bertz CT molecular complexity index is 479. The summed E-state index contributed by atoms with van der Waals surface area (Å²) in [5.74, 6) is 1.03. The maximum Gasteiger partial charge on any atom is 0.246 e. The summed E-state index contributed by atoms with van der Waals surface area (Å²) in [4.78, 5) is 0.212. The molecule has 1 aromatic heterocycles. The van der Waals surface area contributed by atoms with Gasteiger partial charge in [0.1, 0.15) is 16.4 Å². The number of sulfonamides is 1. The minimum atomic E-state index is -3.49. The van der Waals surface area contributed by atoms with Crippen molar-refractivity contribution < 1.29 is 12.8 Å². The highest BCUT2D eigenvalue weighted by Gasteiger charge is 2.29. The van der Waals surface area contributed by atoms with Gasteiger partial charge in [0, 0.05) is 18.7 Å². The van der Waals surface area contributed by atoms with Crippen LogP contribution >= 0.6 is 11.6 Å². The van der Waals surface area contributed by atoms with E-state index in [-0.39, 0.29) is 16.8 Å². The van der Waals surface area contributed by atoms with Gasteiger partial charge in [-0.3, -0.25) is 0 Å². The molecule has 0 radical (unpaired) electrons. The topological polar surface area (TPSA) is 50.5 Å². The first-order valence-electron chi connectivity index (χ1n) is 5.51. The van der Waals surface area contributed by atoms with E-state index in [0.717, 1.165) is 0 Å². The van der Waals surface area contributed by atoms with Crippen molar-refractivity contribution in [3.05, 3.63) is 17.6 Å². The SMILES string of the molecule is CCN(C(C)C)S(=O)(=O)c1cc(CCl)oc1C. The Morgan fingerprint density at radius 2 is 2.06 bits per heavy atom. The molecule has 0 spiro atoms. The van der Waals surface area contributed by atoms with Crippen LogP contribution in [0.2, 0.25) is 0 Å². The molecule has 1 aromatic rings. The molecule has 17 heavy (non-hydrogen) atoms. The van der Waals surface area contributed by atoms with Gasteiger partial charge in [-0.05, 0) is 20.8 Å². The molecule has 1 rings (SSSR count). The van der Waals surface area contributed by atoms with Crippen molar-refractivity contribution in [1.29, 1.82) is 0 Å². The standard InChI is InChI=1S/C11H18ClNO3S/c1-5-13(8(2)3)17(14,15)11-6-10(7-12)16-9(11)4/h6,8H,5,7H2,1-4H3. The van der Waals surface area contributed by atoms with Gasteiger partial charge < -0.3 is 4.42 Å². The summed E-state index contributed by atoms with van der Waals surface area (Å²) in [6.45, 7) is 7.57. The number of hydrogen-bond acceptors (Lipinski definition) is 3. The fourth-order valence-electron chi connectivity index (χ4n) is 1.79. The number of furan rings is 1. The molecule has 0 bridgehead atoms. The molecule has 0 atom stereocenters. The summed E-state index contributed by atoms with van der Waals surface area (Å²) in [7, 11) is -3.49. The summed E-state index contributed by atoms with van der Waals surface area (Å²) in [5.41, 5.74) is 0. The van der Waals surface area contributed by atoms with Gasteiger partial charge in [0.15, 0.2) is 0 Å². The monoisotopic (exact) mass is 279 g/mol. The van der Waals surface area contributed by atoms with Gasteiger partial charge in [-0.1, -0.05) is 6.92 Å². The maximum atomic E-state index is 12.4. The van der Waals surface area contributed by atoms with E-state index in [2.05, 4.69) is 0 Å². The Morgan fingerprint density at radius 3 is 2.41 bits per heavy atom. The highest BCUT2D eigenvalue weighted by molar-refractivity contribution is 7.89. The van der Waals surface area contributed by atoms with Crippen molar-refractivity contribution in [2.24, 2.45) is 0 Å². The number of alkyl halides is 1. The molecule has 0 saturated carbocycles. The summed E-state index contributed by atoms with van der Waals surface area (Å²) in [5, 5.41) is 0. The van der Waals surface area contributed by atoms with Crippen molar-refractivity contribution in [3.8, 4) is 0 Å². The molecular formula is C11H18ClNO3S. The van der Waals surface area contributed by atoms with Crippen molar-refractivity contribution in [3.63, 3.8) is 0 Å². The van der Waals surface area contributed by atoms with Crippen molar-refractivity contribution >= 4 is 21.6 Å². The van der Waals surface area contributed by atoms with Crippen molar-refractivity contribution in [2.75, 3.05) is 6.54 Å². The van der Waals surface area contributed by atoms with E-state index in [4.69, 9.17) is 16.0 Å². The van der Waals surface area contributed by atoms with Crippen LogP contribution in [0.5, 0.6) is 0 Å². The second kappa shape index (κ2) is 5.42.